The third-order valence-electron chi connectivity index (χ3n) is 2.82. The highest BCUT2D eigenvalue weighted by atomic mass is 16.5. The van der Waals surface area contributed by atoms with Crippen molar-refractivity contribution < 1.29 is 4.74 Å². The van der Waals surface area contributed by atoms with Gasteiger partial charge in [-0.15, -0.1) is 0 Å². The highest BCUT2D eigenvalue weighted by molar-refractivity contribution is 5.33. The van der Waals surface area contributed by atoms with E-state index in [4.69, 9.17) is 4.74 Å². The zero-order chi connectivity index (χ0) is 11.2. The first-order valence-corrected chi connectivity index (χ1v) is 6.04. The van der Waals surface area contributed by atoms with E-state index in [1.807, 2.05) is 12.3 Å². The molecule has 0 spiro atoms. The van der Waals surface area contributed by atoms with Gasteiger partial charge in [0, 0.05) is 31.9 Å². The summed E-state index contributed by atoms with van der Waals surface area (Å²) >= 11 is 0. The molecule has 1 aliphatic rings. The molecule has 16 heavy (non-hydrogen) atoms. The second kappa shape index (κ2) is 5.80. The summed E-state index contributed by atoms with van der Waals surface area (Å²) in [4.78, 5) is 8.92. The van der Waals surface area contributed by atoms with Gasteiger partial charge in [-0.3, -0.25) is 0 Å². The smallest absolute Gasteiger partial charge is 0.133 e. The van der Waals surface area contributed by atoms with Crippen LogP contribution in [0.1, 0.15) is 37.9 Å². The molecule has 4 nitrogen and oxygen atoms in total. The van der Waals surface area contributed by atoms with Crippen LogP contribution in [-0.2, 0) is 4.74 Å². The molecule has 0 amide bonds. The van der Waals surface area contributed by atoms with E-state index in [1.165, 1.54) is 0 Å². The van der Waals surface area contributed by atoms with E-state index in [-0.39, 0.29) is 0 Å². The molecule has 88 valence electrons. The Hall–Kier alpha value is -1.16. The Kier molecular flexibility index (Phi) is 4.10. The summed E-state index contributed by atoms with van der Waals surface area (Å²) in [6.45, 7) is 4.78. The second-order valence-electron chi connectivity index (χ2n) is 4.11. The third-order valence-corrected chi connectivity index (χ3v) is 2.82. The van der Waals surface area contributed by atoms with Gasteiger partial charge in [0.05, 0.1) is 0 Å². The van der Waals surface area contributed by atoms with E-state index in [1.54, 1.807) is 0 Å². The average Bonchev–Trinajstić information content (AvgIpc) is 2.38. The minimum atomic E-state index is 0.470. The Labute approximate surface area is 96.4 Å². The number of anilines is 1. The van der Waals surface area contributed by atoms with Gasteiger partial charge in [0.1, 0.15) is 11.6 Å². The van der Waals surface area contributed by atoms with Crippen molar-refractivity contribution >= 4 is 5.82 Å². The molecule has 2 heterocycles. The van der Waals surface area contributed by atoms with Crippen LogP contribution < -0.4 is 5.32 Å². The summed E-state index contributed by atoms with van der Waals surface area (Å²) in [5.74, 6) is 2.37. The summed E-state index contributed by atoms with van der Waals surface area (Å²) < 4.78 is 5.35. The van der Waals surface area contributed by atoms with E-state index in [9.17, 15) is 0 Å². The van der Waals surface area contributed by atoms with Crippen molar-refractivity contribution in [1.82, 2.24) is 9.97 Å². The molecule has 0 aromatic carbocycles. The summed E-state index contributed by atoms with van der Waals surface area (Å²) in [6, 6.07) is 1.93. The van der Waals surface area contributed by atoms with Crippen LogP contribution in [0.2, 0.25) is 0 Å². The van der Waals surface area contributed by atoms with Gasteiger partial charge in [0.2, 0.25) is 0 Å². The standard InChI is InChI=1S/C12H19N3O/c1-2-6-13-11-3-7-14-12(15-11)10-4-8-16-9-5-10/h3,7,10H,2,4-6,8-9H2,1H3,(H,13,14,15). The number of hydrogen-bond donors (Lipinski definition) is 1. The van der Waals surface area contributed by atoms with Crippen LogP contribution in [0.5, 0.6) is 0 Å². The summed E-state index contributed by atoms with van der Waals surface area (Å²) in [5.41, 5.74) is 0. The van der Waals surface area contributed by atoms with Crippen molar-refractivity contribution in [3.8, 4) is 0 Å². The molecule has 1 aromatic heterocycles. The first-order valence-electron chi connectivity index (χ1n) is 6.04. The molecule has 4 heteroatoms. The van der Waals surface area contributed by atoms with Crippen molar-refractivity contribution in [1.29, 1.82) is 0 Å². The maximum atomic E-state index is 5.35. The van der Waals surface area contributed by atoms with Crippen LogP contribution in [0.15, 0.2) is 12.3 Å². The van der Waals surface area contributed by atoms with E-state index in [2.05, 4.69) is 22.2 Å². The highest BCUT2D eigenvalue weighted by Crippen LogP contribution is 2.24. The normalized spacial score (nSPS) is 17.3. The van der Waals surface area contributed by atoms with E-state index >= 15 is 0 Å². The Morgan fingerprint density at radius 3 is 3.00 bits per heavy atom. The van der Waals surface area contributed by atoms with Crippen LogP contribution in [0.4, 0.5) is 5.82 Å². The fourth-order valence-corrected chi connectivity index (χ4v) is 1.88. The molecule has 2 rings (SSSR count). The monoisotopic (exact) mass is 221 g/mol. The fraction of sp³-hybridized carbons (Fsp3) is 0.667. The van der Waals surface area contributed by atoms with Gasteiger partial charge in [-0.25, -0.2) is 9.97 Å². The minimum Gasteiger partial charge on any atom is -0.381 e. The third kappa shape index (κ3) is 2.92. The molecule has 1 saturated heterocycles. The fourth-order valence-electron chi connectivity index (χ4n) is 1.88. The molecule has 0 saturated carbocycles. The maximum absolute atomic E-state index is 5.35. The predicted octanol–water partition coefficient (Wildman–Crippen LogP) is 2.19. The number of aromatic nitrogens is 2. The summed E-state index contributed by atoms with van der Waals surface area (Å²) in [6.07, 6.45) is 5.03. The number of ether oxygens (including phenoxy) is 1. The van der Waals surface area contributed by atoms with Gasteiger partial charge in [0.25, 0.3) is 0 Å². The molecule has 0 unspecified atom stereocenters. The predicted molar refractivity (Wildman–Crippen MR) is 63.6 cm³/mol. The molecule has 0 bridgehead atoms. The molecule has 1 N–H and O–H groups in total. The van der Waals surface area contributed by atoms with E-state index in [0.717, 1.165) is 50.7 Å². The van der Waals surface area contributed by atoms with Crippen LogP contribution in [0, 0.1) is 0 Å². The topological polar surface area (TPSA) is 47.0 Å². The molecule has 0 radical (unpaired) electrons. The van der Waals surface area contributed by atoms with Crippen LogP contribution in [-0.4, -0.2) is 29.7 Å². The zero-order valence-electron chi connectivity index (χ0n) is 9.78. The number of rotatable bonds is 4. The number of nitrogens with zero attached hydrogens (tertiary/aromatic N) is 2. The Bertz CT molecular complexity index is 324. The lowest BCUT2D eigenvalue weighted by Gasteiger charge is -2.20. The second-order valence-corrected chi connectivity index (χ2v) is 4.11. The molecule has 0 atom stereocenters. The van der Waals surface area contributed by atoms with Crippen LogP contribution in [0.3, 0.4) is 0 Å². The van der Waals surface area contributed by atoms with Crippen molar-refractivity contribution in [2.75, 3.05) is 25.1 Å². The molecular weight excluding hydrogens is 202 g/mol. The van der Waals surface area contributed by atoms with Crippen molar-refractivity contribution in [2.45, 2.75) is 32.1 Å². The molecule has 1 fully saturated rings. The minimum absolute atomic E-state index is 0.470. The first kappa shape index (κ1) is 11.3. The Morgan fingerprint density at radius 2 is 2.25 bits per heavy atom. The van der Waals surface area contributed by atoms with Crippen LogP contribution >= 0.6 is 0 Å². The summed E-state index contributed by atoms with van der Waals surface area (Å²) in [5, 5.41) is 3.29. The number of hydrogen-bond acceptors (Lipinski definition) is 4. The van der Waals surface area contributed by atoms with Crippen molar-refractivity contribution in [3.63, 3.8) is 0 Å². The van der Waals surface area contributed by atoms with E-state index < -0.39 is 0 Å². The molecular formula is C12H19N3O. The van der Waals surface area contributed by atoms with Crippen molar-refractivity contribution in [2.24, 2.45) is 0 Å². The highest BCUT2D eigenvalue weighted by Gasteiger charge is 2.18. The molecule has 0 aliphatic carbocycles. The lowest BCUT2D eigenvalue weighted by atomic mass is 9.99. The molecule has 1 aromatic rings. The average molecular weight is 221 g/mol. The largest absolute Gasteiger partial charge is 0.381 e. The Balaban J connectivity index is 2.02. The van der Waals surface area contributed by atoms with Gasteiger partial charge < -0.3 is 10.1 Å². The van der Waals surface area contributed by atoms with E-state index in [0.29, 0.717) is 5.92 Å². The van der Waals surface area contributed by atoms with Crippen molar-refractivity contribution in [3.05, 3.63) is 18.1 Å². The lowest BCUT2D eigenvalue weighted by Crippen LogP contribution is -2.17. The summed E-state index contributed by atoms with van der Waals surface area (Å²) in [7, 11) is 0. The van der Waals surface area contributed by atoms with Gasteiger partial charge in [0.15, 0.2) is 0 Å². The first-order chi connectivity index (χ1) is 7.90. The number of nitrogens with one attached hydrogen (secondary N) is 1. The SMILES string of the molecule is CCCNc1ccnc(C2CCOCC2)n1. The van der Waals surface area contributed by atoms with Gasteiger partial charge in [-0.05, 0) is 25.3 Å². The lowest BCUT2D eigenvalue weighted by molar-refractivity contribution is 0.0836. The quantitative estimate of drug-likeness (QED) is 0.846. The van der Waals surface area contributed by atoms with Gasteiger partial charge in [-0.1, -0.05) is 6.92 Å². The Morgan fingerprint density at radius 1 is 1.44 bits per heavy atom. The van der Waals surface area contributed by atoms with Gasteiger partial charge >= 0.3 is 0 Å². The zero-order valence-corrected chi connectivity index (χ0v) is 9.78. The van der Waals surface area contributed by atoms with Gasteiger partial charge in [-0.2, -0.15) is 0 Å². The molecule has 1 aliphatic heterocycles. The maximum Gasteiger partial charge on any atom is 0.133 e. The van der Waals surface area contributed by atoms with Crippen LogP contribution in [0.25, 0.3) is 0 Å².